The van der Waals surface area contributed by atoms with Crippen molar-refractivity contribution in [1.82, 2.24) is 10.2 Å². The minimum atomic E-state index is -0.609. The lowest BCUT2D eigenvalue weighted by atomic mass is 9.80. The van der Waals surface area contributed by atoms with Gasteiger partial charge in [-0.3, -0.25) is 9.59 Å². The number of morpholine rings is 1. The zero-order valence-electron chi connectivity index (χ0n) is 18.3. The Morgan fingerprint density at radius 3 is 2.81 bits per heavy atom. The summed E-state index contributed by atoms with van der Waals surface area (Å²) in [7, 11) is 0. The summed E-state index contributed by atoms with van der Waals surface area (Å²) in [4.78, 5) is 27.3. The number of carbonyl (C=O) groups excluding carboxylic acids is 2. The summed E-state index contributed by atoms with van der Waals surface area (Å²) in [6.45, 7) is 1.67. The number of rotatable bonds is 0. The quantitative estimate of drug-likeness (QED) is 0.663. The molecule has 1 aliphatic carbocycles. The SMILES string of the molecule is O=C1COC[C@]2(CCCN3C(=O)CCOc4ccc(F)cc4C4CCC(CC4)OC[C@@H]32)N1. The number of halogens is 1. The van der Waals surface area contributed by atoms with E-state index in [1.54, 1.807) is 12.1 Å². The second-order valence-electron chi connectivity index (χ2n) is 9.49. The van der Waals surface area contributed by atoms with Crippen LogP contribution in [0, 0.1) is 5.82 Å². The van der Waals surface area contributed by atoms with Crippen LogP contribution in [-0.2, 0) is 19.1 Å². The molecule has 4 heterocycles. The van der Waals surface area contributed by atoms with Crippen LogP contribution >= 0.6 is 0 Å². The molecule has 7 nitrogen and oxygen atoms in total. The fourth-order valence-corrected chi connectivity index (χ4v) is 5.85. The summed E-state index contributed by atoms with van der Waals surface area (Å²) < 4.78 is 31.9. The van der Waals surface area contributed by atoms with Crippen LogP contribution in [0.25, 0.3) is 0 Å². The van der Waals surface area contributed by atoms with Gasteiger partial charge in [-0.2, -0.15) is 0 Å². The van der Waals surface area contributed by atoms with Crippen molar-refractivity contribution in [2.45, 2.75) is 68.5 Å². The summed E-state index contributed by atoms with van der Waals surface area (Å²) in [5.74, 6) is 0.463. The van der Waals surface area contributed by atoms with E-state index in [4.69, 9.17) is 14.2 Å². The number of nitrogens with one attached hydrogen (secondary N) is 1. The molecule has 32 heavy (non-hydrogen) atoms. The number of ether oxygens (including phenoxy) is 3. The highest BCUT2D eigenvalue weighted by molar-refractivity contribution is 5.80. The van der Waals surface area contributed by atoms with Crippen LogP contribution in [0.2, 0.25) is 0 Å². The summed E-state index contributed by atoms with van der Waals surface area (Å²) in [6.07, 6.45) is 5.41. The molecule has 1 N–H and O–H groups in total. The highest BCUT2D eigenvalue weighted by Crippen LogP contribution is 2.40. The Kier molecular flexibility index (Phi) is 6.07. The van der Waals surface area contributed by atoms with Crippen molar-refractivity contribution in [3.05, 3.63) is 29.6 Å². The van der Waals surface area contributed by atoms with Crippen molar-refractivity contribution in [2.75, 3.05) is 33.0 Å². The molecule has 3 fully saturated rings. The fraction of sp³-hybridized carbons (Fsp3) is 0.667. The third-order valence-corrected chi connectivity index (χ3v) is 7.49. The molecule has 2 bridgehead atoms. The van der Waals surface area contributed by atoms with Gasteiger partial charge in [0.15, 0.2) is 0 Å². The van der Waals surface area contributed by atoms with Gasteiger partial charge in [-0.05, 0) is 62.6 Å². The zero-order chi connectivity index (χ0) is 22.1. The van der Waals surface area contributed by atoms with Crippen molar-refractivity contribution < 1.29 is 28.2 Å². The molecule has 0 unspecified atom stereocenters. The smallest absolute Gasteiger partial charge is 0.246 e. The largest absolute Gasteiger partial charge is 0.493 e. The fourth-order valence-electron chi connectivity index (χ4n) is 5.85. The lowest BCUT2D eigenvalue weighted by Gasteiger charge is -2.51. The first kappa shape index (κ1) is 21.6. The third kappa shape index (κ3) is 4.22. The van der Waals surface area contributed by atoms with Gasteiger partial charge in [0, 0.05) is 12.1 Å². The van der Waals surface area contributed by atoms with E-state index >= 15 is 0 Å². The molecule has 2 saturated heterocycles. The van der Waals surface area contributed by atoms with Crippen molar-refractivity contribution in [3.63, 3.8) is 0 Å². The van der Waals surface area contributed by atoms with Gasteiger partial charge in [-0.15, -0.1) is 0 Å². The topological polar surface area (TPSA) is 77.1 Å². The molecule has 1 aromatic carbocycles. The number of fused-ring (bicyclic) bond motifs is 6. The molecule has 1 aromatic rings. The molecule has 2 amide bonds. The number of piperidine rings is 1. The lowest BCUT2D eigenvalue weighted by Crippen LogP contribution is -2.72. The Morgan fingerprint density at radius 2 is 2.00 bits per heavy atom. The molecule has 8 heteroatoms. The molecule has 174 valence electrons. The van der Waals surface area contributed by atoms with E-state index in [0.717, 1.165) is 44.1 Å². The number of carbonyl (C=O) groups is 2. The van der Waals surface area contributed by atoms with Crippen LogP contribution in [0.15, 0.2) is 18.2 Å². The Labute approximate surface area is 187 Å². The van der Waals surface area contributed by atoms with Crippen molar-refractivity contribution >= 4 is 11.8 Å². The average molecular weight is 447 g/mol. The second kappa shape index (κ2) is 8.98. The van der Waals surface area contributed by atoms with Gasteiger partial charge in [0.1, 0.15) is 18.2 Å². The van der Waals surface area contributed by atoms with Crippen LogP contribution in [0.3, 0.4) is 0 Å². The second-order valence-corrected chi connectivity index (χ2v) is 9.49. The molecule has 2 atom stereocenters. The van der Waals surface area contributed by atoms with E-state index < -0.39 is 5.54 Å². The first-order valence-electron chi connectivity index (χ1n) is 11.8. The predicted octanol–water partition coefficient (Wildman–Crippen LogP) is 2.53. The molecule has 5 aliphatic rings. The number of hydrogen-bond acceptors (Lipinski definition) is 5. The van der Waals surface area contributed by atoms with Gasteiger partial charge in [0.25, 0.3) is 0 Å². The van der Waals surface area contributed by atoms with Gasteiger partial charge in [-0.1, -0.05) is 0 Å². The van der Waals surface area contributed by atoms with E-state index in [1.165, 1.54) is 6.07 Å². The molecule has 4 aliphatic heterocycles. The Balaban J connectivity index is 1.42. The highest BCUT2D eigenvalue weighted by atomic mass is 19.1. The minimum absolute atomic E-state index is 0.0246. The zero-order valence-corrected chi connectivity index (χ0v) is 18.3. The normalized spacial score (nSPS) is 33.7. The summed E-state index contributed by atoms with van der Waals surface area (Å²) in [5.41, 5.74) is 0.285. The molecular formula is C24H31FN2O5. The van der Waals surface area contributed by atoms with Gasteiger partial charge in [-0.25, -0.2) is 4.39 Å². The summed E-state index contributed by atoms with van der Waals surface area (Å²) >= 11 is 0. The van der Waals surface area contributed by atoms with Crippen molar-refractivity contribution in [3.8, 4) is 5.75 Å². The number of amides is 2. The van der Waals surface area contributed by atoms with E-state index in [9.17, 15) is 14.0 Å². The number of hydrogen-bond donors (Lipinski definition) is 1. The Morgan fingerprint density at radius 1 is 1.16 bits per heavy atom. The number of benzene rings is 1. The molecule has 0 aromatic heterocycles. The maximum Gasteiger partial charge on any atom is 0.246 e. The lowest BCUT2D eigenvalue weighted by molar-refractivity contribution is -0.155. The van der Waals surface area contributed by atoms with Crippen molar-refractivity contribution in [2.24, 2.45) is 0 Å². The summed E-state index contributed by atoms with van der Waals surface area (Å²) in [5, 5.41) is 3.14. The van der Waals surface area contributed by atoms with Crippen molar-refractivity contribution in [1.29, 1.82) is 0 Å². The highest BCUT2D eigenvalue weighted by Gasteiger charge is 2.49. The number of nitrogens with zero attached hydrogens (tertiary/aromatic N) is 1. The molecule has 1 saturated carbocycles. The Bertz CT molecular complexity index is 868. The molecule has 1 spiro atoms. The maximum absolute atomic E-state index is 14.0. The maximum atomic E-state index is 14.0. The minimum Gasteiger partial charge on any atom is -0.493 e. The van der Waals surface area contributed by atoms with Crippen LogP contribution in [0.1, 0.15) is 56.4 Å². The van der Waals surface area contributed by atoms with Gasteiger partial charge >= 0.3 is 0 Å². The summed E-state index contributed by atoms with van der Waals surface area (Å²) in [6, 6.07) is 4.40. The standard InChI is InChI=1S/C24H31FN2O5/c25-17-4-7-20-19(12-17)16-2-5-18(6-3-16)32-13-21-24(15-30-14-22(28)26-24)9-1-10-27(21)23(29)8-11-31-20/h4,7,12,16,18,21H,1-3,5-6,8-11,13-15H2,(H,26,28)/t16?,18?,21-,24+/m1/s1. The molecule has 6 rings (SSSR count). The van der Waals surface area contributed by atoms with Gasteiger partial charge in [0.05, 0.1) is 43.9 Å². The first-order valence-corrected chi connectivity index (χ1v) is 11.8. The first-order chi connectivity index (χ1) is 15.5. The average Bonchev–Trinajstić information content (AvgIpc) is 2.79. The van der Waals surface area contributed by atoms with E-state index in [-0.39, 0.29) is 55.3 Å². The van der Waals surface area contributed by atoms with Gasteiger partial charge < -0.3 is 24.4 Å². The molecular weight excluding hydrogens is 415 g/mol. The van der Waals surface area contributed by atoms with E-state index in [0.29, 0.717) is 25.5 Å². The van der Waals surface area contributed by atoms with Crippen LogP contribution in [0.4, 0.5) is 4.39 Å². The van der Waals surface area contributed by atoms with Crippen LogP contribution in [-0.4, -0.2) is 67.4 Å². The molecule has 0 radical (unpaired) electrons. The van der Waals surface area contributed by atoms with Gasteiger partial charge in [0.2, 0.25) is 11.8 Å². The Hall–Kier alpha value is -2.19. The predicted molar refractivity (Wildman–Crippen MR) is 114 cm³/mol. The van der Waals surface area contributed by atoms with Crippen LogP contribution < -0.4 is 10.1 Å². The monoisotopic (exact) mass is 446 g/mol. The van der Waals surface area contributed by atoms with E-state index in [1.807, 2.05) is 4.90 Å². The van der Waals surface area contributed by atoms with E-state index in [2.05, 4.69) is 5.32 Å². The van der Waals surface area contributed by atoms with Crippen LogP contribution in [0.5, 0.6) is 5.75 Å². The third-order valence-electron chi connectivity index (χ3n) is 7.49.